The highest BCUT2D eigenvalue weighted by atomic mass is 32.2. The molecule has 2 heterocycles. The van der Waals surface area contributed by atoms with E-state index < -0.39 is 39.7 Å². The van der Waals surface area contributed by atoms with Gasteiger partial charge >= 0.3 is 6.18 Å². The molecule has 0 spiro atoms. The molecule has 1 aliphatic rings. The van der Waals surface area contributed by atoms with Crippen LogP contribution >= 0.6 is 0 Å². The minimum absolute atomic E-state index is 0.00530. The first-order chi connectivity index (χ1) is 9.99. The van der Waals surface area contributed by atoms with Gasteiger partial charge < -0.3 is 5.32 Å². The number of amides is 1. The summed E-state index contributed by atoms with van der Waals surface area (Å²) in [6.07, 6.45) is -4.27. The third-order valence-corrected chi connectivity index (χ3v) is 5.31. The fourth-order valence-electron chi connectivity index (χ4n) is 2.36. The average Bonchev–Trinajstić information content (AvgIpc) is 2.91. The van der Waals surface area contributed by atoms with Crippen molar-refractivity contribution in [1.82, 2.24) is 15.1 Å². The summed E-state index contributed by atoms with van der Waals surface area (Å²) in [6, 6.07) is -0.596. The van der Waals surface area contributed by atoms with E-state index >= 15 is 0 Å². The first-order valence-electron chi connectivity index (χ1n) is 6.64. The van der Waals surface area contributed by atoms with Gasteiger partial charge in [-0.2, -0.15) is 18.3 Å². The molecule has 124 valence electrons. The molecule has 10 heteroatoms. The van der Waals surface area contributed by atoms with Crippen LogP contribution in [0, 0.1) is 6.92 Å². The summed E-state index contributed by atoms with van der Waals surface area (Å²) >= 11 is 0. The lowest BCUT2D eigenvalue weighted by Gasteiger charge is -2.17. The zero-order chi connectivity index (χ0) is 16.7. The number of rotatable bonds is 3. The van der Waals surface area contributed by atoms with Gasteiger partial charge in [0, 0.05) is 11.7 Å². The van der Waals surface area contributed by atoms with Crippen molar-refractivity contribution in [2.45, 2.75) is 38.5 Å². The van der Waals surface area contributed by atoms with Crippen LogP contribution in [0.3, 0.4) is 0 Å². The summed E-state index contributed by atoms with van der Waals surface area (Å²) in [6.45, 7) is 2.84. The molecule has 1 N–H and O–H groups in total. The third kappa shape index (κ3) is 3.60. The van der Waals surface area contributed by atoms with E-state index in [4.69, 9.17) is 0 Å². The van der Waals surface area contributed by atoms with Gasteiger partial charge in [0.25, 0.3) is 0 Å². The van der Waals surface area contributed by atoms with Crippen LogP contribution < -0.4 is 5.32 Å². The second-order valence-electron chi connectivity index (χ2n) is 5.40. The number of nitrogens with one attached hydrogen (secondary N) is 1. The Morgan fingerprint density at radius 2 is 2.14 bits per heavy atom. The number of aryl methyl sites for hydroxylation is 1. The van der Waals surface area contributed by atoms with Gasteiger partial charge in [-0.1, -0.05) is 0 Å². The van der Waals surface area contributed by atoms with E-state index in [1.807, 2.05) is 0 Å². The molecule has 1 fully saturated rings. The number of carbonyl (C=O) groups is 1. The van der Waals surface area contributed by atoms with Gasteiger partial charge in [-0.3, -0.25) is 9.48 Å². The van der Waals surface area contributed by atoms with E-state index in [0.29, 0.717) is 6.42 Å². The van der Waals surface area contributed by atoms with Gasteiger partial charge in [-0.15, -0.1) is 0 Å². The highest BCUT2D eigenvalue weighted by molar-refractivity contribution is 7.91. The second kappa shape index (κ2) is 5.56. The second-order valence-corrected chi connectivity index (χ2v) is 7.63. The Morgan fingerprint density at radius 1 is 1.50 bits per heavy atom. The Bertz CT molecular complexity index is 682. The molecule has 0 aliphatic carbocycles. The molecule has 0 unspecified atom stereocenters. The highest BCUT2D eigenvalue weighted by Crippen LogP contribution is 2.29. The van der Waals surface area contributed by atoms with Crippen LogP contribution in [0.1, 0.15) is 30.8 Å². The van der Waals surface area contributed by atoms with E-state index in [9.17, 15) is 26.4 Å². The Hall–Kier alpha value is -1.58. The van der Waals surface area contributed by atoms with Crippen molar-refractivity contribution in [1.29, 1.82) is 0 Å². The van der Waals surface area contributed by atoms with Gasteiger partial charge in [-0.25, -0.2) is 8.42 Å². The fraction of sp³-hybridized carbons (Fsp3) is 0.667. The van der Waals surface area contributed by atoms with E-state index in [2.05, 4.69) is 10.4 Å². The van der Waals surface area contributed by atoms with Crippen molar-refractivity contribution in [2.24, 2.45) is 0 Å². The highest BCUT2D eigenvalue weighted by Gasteiger charge is 2.36. The molecule has 1 aliphatic heterocycles. The van der Waals surface area contributed by atoms with Crippen LogP contribution in [-0.2, 0) is 20.8 Å². The smallest absolute Gasteiger partial charge is 0.350 e. The fourth-order valence-corrected chi connectivity index (χ4v) is 4.03. The summed E-state index contributed by atoms with van der Waals surface area (Å²) in [5, 5.41) is 5.97. The van der Waals surface area contributed by atoms with Gasteiger partial charge in [0.05, 0.1) is 11.5 Å². The van der Waals surface area contributed by atoms with Crippen molar-refractivity contribution < 1.29 is 26.4 Å². The minimum Gasteiger partial charge on any atom is -0.350 e. The van der Waals surface area contributed by atoms with Crippen molar-refractivity contribution >= 4 is 15.7 Å². The molecule has 1 aromatic heterocycles. The number of sulfone groups is 1. The number of alkyl halides is 3. The summed E-state index contributed by atoms with van der Waals surface area (Å²) < 4.78 is 61.5. The molecule has 0 bridgehead atoms. The Kier molecular flexibility index (Phi) is 4.24. The Morgan fingerprint density at radius 3 is 2.59 bits per heavy atom. The lowest BCUT2D eigenvalue weighted by molar-refractivity contribution is -0.142. The molecule has 1 amide bonds. The number of halogens is 3. The van der Waals surface area contributed by atoms with E-state index in [0.717, 1.165) is 10.7 Å². The van der Waals surface area contributed by atoms with E-state index in [1.165, 1.54) is 13.8 Å². The Labute approximate surface area is 125 Å². The lowest BCUT2D eigenvalue weighted by atomic mass is 10.2. The van der Waals surface area contributed by atoms with Crippen LogP contribution in [0.15, 0.2) is 6.07 Å². The number of hydrogen-bond donors (Lipinski definition) is 1. The topological polar surface area (TPSA) is 81.1 Å². The predicted octanol–water partition coefficient (Wildman–Crippen LogP) is 1.07. The maximum atomic E-state index is 12.6. The van der Waals surface area contributed by atoms with Gasteiger partial charge in [0.15, 0.2) is 15.5 Å². The van der Waals surface area contributed by atoms with Crippen LogP contribution in [0.5, 0.6) is 0 Å². The molecule has 22 heavy (non-hydrogen) atoms. The molecule has 0 saturated carbocycles. The largest absolute Gasteiger partial charge is 0.435 e. The van der Waals surface area contributed by atoms with E-state index in [1.54, 1.807) is 0 Å². The zero-order valence-corrected chi connectivity index (χ0v) is 12.8. The molecule has 0 radical (unpaired) electrons. The molecule has 2 rings (SSSR count). The van der Waals surface area contributed by atoms with Crippen molar-refractivity contribution in [3.63, 3.8) is 0 Å². The molecular formula is C12H16F3N3O3S. The quantitative estimate of drug-likeness (QED) is 0.893. The number of aromatic nitrogens is 2. The van der Waals surface area contributed by atoms with Crippen molar-refractivity contribution in [3.8, 4) is 0 Å². The summed E-state index contributed by atoms with van der Waals surface area (Å²) in [5.74, 6) is -0.690. The normalized spacial score (nSPS) is 22.5. The monoisotopic (exact) mass is 339 g/mol. The van der Waals surface area contributed by atoms with Crippen molar-refractivity contribution in [3.05, 3.63) is 17.5 Å². The van der Waals surface area contributed by atoms with E-state index in [-0.39, 0.29) is 17.2 Å². The summed E-state index contributed by atoms with van der Waals surface area (Å²) in [7, 11) is -3.14. The Balaban J connectivity index is 2.10. The lowest BCUT2D eigenvalue weighted by Crippen LogP contribution is -2.40. The maximum Gasteiger partial charge on any atom is 0.435 e. The van der Waals surface area contributed by atoms with Crippen molar-refractivity contribution in [2.75, 3.05) is 11.5 Å². The SMILES string of the molecule is Cc1cc(C(F)(F)F)nn1[C@H](C)C(=O)N[C@H]1CCS(=O)(=O)C1. The van der Waals surface area contributed by atoms with Crippen LogP contribution in [-0.4, -0.2) is 41.7 Å². The summed E-state index contributed by atoms with van der Waals surface area (Å²) in [4.78, 5) is 12.1. The molecule has 6 nitrogen and oxygen atoms in total. The molecule has 1 aromatic rings. The standard InChI is InChI=1S/C12H16F3N3O3S/c1-7-5-10(12(13,14)15)17-18(7)8(2)11(19)16-9-3-4-22(20,21)6-9/h5,8-9H,3-4,6H2,1-2H3,(H,16,19)/t8-,9+/m1/s1. The predicted molar refractivity (Wildman–Crippen MR) is 71.9 cm³/mol. The first kappa shape index (κ1) is 16.8. The van der Waals surface area contributed by atoms with Crippen LogP contribution in [0.4, 0.5) is 13.2 Å². The first-order valence-corrected chi connectivity index (χ1v) is 8.46. The zero-order valence-electron chi connectivity index (χ0n) is 12.0. The summed E-state index contributed by atoms with van der Waals surface area (Å²) in [5.41, 5.74) is -0.859. The molecule has 1 saturated heterocycles. The van der Waals surface area contributed by atoms with Crippen LogP contribution in [0.2, 0.25) is 0 Å². The molecule has 2 atom stereocenters. The number of hydrogen-bond acceptors (Lipinski definition) is 4. The third-order valence-electron chi connectivity index (χ3n) is 3.54. The van der Waals surface area contributed by atoms with Crippen LogP contribution in [0.25, 0.3) is 0 Å². The average molecular weight is 339 g/mol. The molecule has 0 aromatic carbocycles. The van der Waals surface area contributed by atoms with Gasteiger partial charge in [-0.05, 0) is 26.3 Å². The van der Waals surface area contributed by atoms with Gasteiger partial charge in [0.2, 0.25) is 5.91 Å². The maximum absolute atomic E-state index is 12.6. The number of carbonyl (C=O) groups excluding carboxylic acids is 1. The number of nitrogens with zero attached hydrogens (tertiary/aromatic N) is 2. The molecular weight excluding hydrogens is 323 g/mol. The minimum atomic E-state index is -4.58. The van der Waals surface area contributed by atoms with Gasteiger partial charge in [0.1, 0.15) is 6.04 Å².